The van der Waals surface area contributed by atoms with Crippen molar-refractivity contribution >= 4 is 35.1 Å². The summed E-state index contributed by atoms with van der Waals surface area (Å²) in [7, 11) is 0. The molecule has 0 amide bonds. The molecule has 1 heterocycles. The van der Waals surface area contributed by atoms with E-state index >= 15 is 0 Å². The summed E-state index contributed by atoms with van der Waals surface area (Å²) in [4.78, 5) is 26.3. The number of rotatable bonds is 9. The van der Waals surface area contributed by atoms with Crippen LogP contribution < -0.4 is 5.32 Å². The number of dihydropyridines is 1. The summed E-state index contributed by atoms with van der Waals surface area (Å²) < 4.78 is 10.9. The average molecular weight is 513 g/mol. The van der Waals surface area contributed by atoms with Crippen LogP contribution >= 0.6 is 23.2 Å². The predicted molar refractivity (Wildman–Crippen MR) is 135 cm³/mol. The third kappa shape index (κ3) is 6.88. The molecule has 1 aliphatic heterocycles. The molecule has 35 heavy (non-hydrogen) atoms. The van der Waals surface area contributed by atoms with Crippen molar-refractivity contribution in [2.75, 3.05) is 13.2 Å². The Kier molecular flexibility index (Phi) is 9.36. The fourth-order valence-electron chi connectivity index (χ4n) is 3.99. The summed E-state index contributed by atoms with van der Waals surface area (Å²) in [6.07, 6.45) is 1.44. The lowest BCUT2D eigenvalue weighted by molar-refractivity contribution is -0.140. The van der Waals surface area contributed by atoms with Crippen LogP contribution in [0.4, 0.5) is 0 Å². The van der Waals surface area contributed by atoms with Gasteiger partial charge in [-0.05, 0) is 62.1 Å². The van der Waals surface area contributed by atoms with Gasteiger partial charge in [0.25, 0.3) is 0 Å². The van der Waals surface area contributed by atoms with E-state index in [1.165, 1.54) is 0 Å². The van der Waals surface area contributed by atoms with Crippen LogP contribution in [0.1, 0.15) is 43.7 Å². The van der Waals surface area contributed by atoms with Gasteiger partial charge in [-0.3, -0.25) is 0 Å². The van der Waals surface area contributed by atoms with E-state index in [-0.39, 0.29) is 25.2 Å². The maximum absolute atomic E-state index is 13.3. The van der Waals surface area contributed by atoms with Gasteiger partial charge >= 0.3 is 11.9 Å². The number of nitrogens with one attached hydrogen (secondary N) is 1. The average Bonchev–Trinajstić information content (AvgIpc) is 2.82. The maximum atomic E-state index is 13.3. The standard InChI is InChI=1S/C27H26Cl2N2O4/c1-17-23(26(32)34-14-4-6-19-9-11-21(28)12-10-19)25(20-7-3-8-22(29)16-20)24(18(2)31-17)27(33)35-15-5-13-30/h3,7-12,16,25,31H,4-6,14-15H2,1-2H3. The highest BCUT2D eigenvalue weighted by molar-refractivity contribution is 6.30. The molecule has 1 N–H and O–H groups in total. The summed E-state index contributed by atoms with van der Waals surface area (Å²) in [6.45, 7) is 3.69. The van der Waals surface area contributed by atoms with E-state index in [9.17, 15) is 9.59 Å². The molecule has 8 heteroatoms. The normalized spacial score (nSPS) is 15.3. The van der Waals surface area contributed by atoms with Gasteiger partial charge in [0.05, 0.1) is 36.2 Å². The summed E-state index contributed by atoms with van der Waals surface area (Å²) in [6, 6.07) is 16.5. The molecule has 0 aromatic heterocycles. The Labute approximate surface area is 215 Å². The lowest BCUT2D eigenvalue weighted by Gasteiger charge is -2.30. The number of halogens is 2. The number of hydrogen-bond donors (Lipinski definition) is 1. The Balaban J connectivity index is 1.82. The molecular weight excluding hydrogens is 487 g/mol. The number of ether oxygens (including phenoxy) is 2. The molecule has 2 aromatic rings. The summed E-state index contributed by atoms with van der Waals surface area (Å²) >= 11 is 12.2. The van der Waals surface area contributed by atoms with Crippen LogP contribution in [0.2, 0.25) is 10.0 Å². The first-order chi connectivity index (χ1) is 16.8. The van der Waals surface area contributed by atoms with Crippen molar-refractivity contribution in [3.8, 4) is 6.07 Å². The van der Waals surface area contributed by atoms with Gasteiger partial charge in [-0.1, -0.05) is 47.5 Å². The molecule has 6 nitrogen and oxygen atoms in total. The molecular formula is C27H26Cl2N2O4. The van der Waals surface area contributed by atoms with Gasteiger partial charge in [0.15, 0.2) is 0 Å². The highest BCUT2D eigenvalue weighted by Gasteiger charge is 2.38. The molecule has 0 fully saturated rings. The second kappa shape index (κ2) is 12.4. The summed E-state index contributed by atoms with van der Waals surface area (Å²) in [5.74, 6) is -1.85. The molecule has 182 valence electrons. The van der Waals surface area contributed by atoms with Crippen molar-refractivity contribution in [2.45, 2.75) is 39.0 Å². The van der Waals surface area contributed by atoms with E-state index in [2.05, 4.69) is 5.32 Å². The van der Waals surface area contributed by atoms with Gasteiger partial charge in [0.1, 0.15) is 6.61 Å². The van der Waals surface area contributed by atoms with Crippen LogP contribution in [-0.4, -0.2) is 25.2 Å². The summed E-state index contributed by atoms with van der Waals surface area (Å²) in [5.41, 5.74) is 3.51. The largest absolute Gasteiger partial charge is 0.462 e. The van der Waals surface area contributed by atoms with Gasteiger partial charge in [-0.2, -0.15) is 5.26 Å². The first-order valence-corrected chi connectivity index (χ1v) is 12.0. The molecule has 2 aromatic carbocycles. The molecule has 1 aliphatic rings. The van der Waals surface area contributed by atoms with Crippen LogP contribution in [-0.2, 0) is 25.5 Å². The van der Waals surface area contributed by atoms with Crippen LogP contribution in [0, 0.1) is 11.3 Å². The topological polar surface area (TPSA) is 88.4 Å². The van der Waals surface area contributed by atoms with E-state index < -0.39 is 17.9 Å². The number of aryl methyl sites for hydroxylation is 1. The van der Waals surface area contributed by atoms with Crippen molar-refractivity contribution in [1.82, 2.24) is 5.32 Å². The highest BCUT2D eigenvalue weighted by Crippen LogP contribution is 2.40. The van der Waals surface area contributed by atoms with Gasteiger partial charge in [-0.15, -0.1) is 0 Å². The SMILES string of the molecule is CC1=C(C(=O)OCCC#N)C(c2cccc(Cl)c2)C(C(=O)OCCCc2ccc(Cl)cc2)=C(C)N1. The van der Waals surface area contributed by atoms with Crippen molar-refractivity contribution in [1.29, 1.82) is 5.26 Å². The minimum absolute atomic E-state index is 0.0401. The highest BCUT2D eigenvalue weighted by atomic mass is 35.5. The second-order valence-electron chi connectivity index (χ2n) is 8.10. The zero-order valence-electron chi connectivity index (χ0n) is 19.6. The second-order valence-corrected chi connectivity index (χ2v) is 8.97. The van der Waals surface area contributed by atoms with Crippen molar-refractivity contribution in [3.05, 3.63) is 92.2 Å². The number of hydrogen-bond acceptors (Lipinski definition) is 6. The minimum Gasteiger partial charge on any atom is -0.462 e. The quantitative estimate of drug-likeness (QED) is 0.334. The van der Waals surface area contributed by atoms with Crippen LogP contribution in [0.15, 0.2) is 71.1 Å². The molecule has 0 bridgehead atoms. The molecule has 0 saturated carbocycles. The van der Waals surface area contributed by atoms with Crippen molar-refractivity contribution in [2.24, 2.45) is 0 Å². The van der Waals surface area contributed by atoms with E-state index in [1.54, 1.807) is 38.1 Å². The number of allylic oxidation sites excluding steroid dienone is 2. The van der Waals surface area contributed by atoms with Crippen molar-refractivity contribution < 1.29 is 19.1 Å². The summed E-state index contributed by atoms with van der Waals surface area (Å²) in [5, 5.41) is 13.0. The van der Waals surface area contributed by atoms with E-state index in [0.717, 1.165) is 12.0 Å². The Morgan fingerprint density at radius 3 is 2.17 bits per heavy atom. The minimum atomic E-state index is -0.728. The number of carbonyl (C=O) groups is 2. The first-order valence-electron chi connectivity index (χ1n) is 11.2. The smallest absolute Gasteiger partial charge is 0.336 e. The van der Waals surface area contributed by atoms with Gasteiger partial charge < -0.3 is 14.8 Å². The Morgan fingerprint density at radius 2 is 1.57 bits per heavy atom. The molecule has 0 radical (unpaired) electrons. The van der Waals surface area contributed by atoms with Gasteiger partial charge in [0, 0.05) is 21.4 Å². The third-order valence-electron chi connectivity index (χ3n) is 5.59. The Morgan fingerprint density at radius 1 is 0.943 bits per heavy atom. The zero-order chi connectivity index (χ0) is 25.4. The number of nitriles is 1. The van der Waals surface area contributed by atoms with E-state index in [4.69, 9.17) is 37.9 Å². The van der Waals surface area contributed by atoms with Crippen LogP contribution in [0.5, 0.6) is 0 Å². The van der Waals surface area contributed by atoms with E-state index in [1.807, 2.05) is 30.3 Å². The fraction of sp³-hybridized carbons (Fsp3) is 0.296. The van der Waals surface area contributed by atoms with E-state index in [0.29, 0.717) is 39.0 Å². The van der Waals surface area contributed by atoms with Crippen LogP contribution in [0.25, 0.3) is 0 Å². The lowest BCUT2D eigenvalue weighted by Crippen LogP contribution is -2.32. The molecule has 0 aliphatic carbocycles. The van der Waals surface area contributed by atoms with Crippen molar-refractivity contribution in [3.63, 3.8) is 0 Å². The number of benzene rings is 2. The number of carbonyl (C=O) groups excluding carboxylic acids is 2. The molecule has 0 spiro atoms. The maximum Gasteiger partial charge on any atom is 0.336 e. The first kappa shape index (κ1) is 26.3. The van der Waals surface area contributed by atoms with Gasteiger partial charge in [-0.25, -0.2) is 9.59 Å². The predicted octanol–water partition coefficient (Wildman–Crippen LogP) is 5.86. The monoisotopic (exact) mass is 512 g/mol. The fourth-order valence-corrected chi connectivity index (χ4v) is 4.32. The number of nitrogens with zero attached hydrogens (tertiary/aromatic N) is 1. The molecule has 0 saturated heterocycles. The molecule has 1 atom stereocenters. The Hall–Kier alpha value is -3.27. The Bertz CT molecular complexity index is 1200. The van der Waals surface area contributed by atoms with Gasteiger partial charge in [0.2, 0.25) is 0 Å². The van der Waals surface area contributed by atoms with Crippen LogP contribution in [0.3, 0.4) is 0 Å². The molecule has 1 unspecified atom stereocenters. The lowest BCUT2D eigenvalue weighted by atomic mass is 9.80. The molecule has 3 rings (SSSR count). The number of esters is 2. The zero-order valence-corrected chi connectivity index (χ0v) is 21.1. The third-order valence-corrected chi connectivity index (χ3v) is 6.07.